The fourth-order valence-corrected chi connectivity index (χ4v) is 0. The van der Waals surface area contributed by atoms with Gasteiger partial charge in [0.15, 0.2) is 0 Å². The molecule has 0 aliphatic carbocycles. The molecule has 2 radical (unpaired) electrons. The molecule has 33 valence electrons. The molecule has 0 heterocycles. The molecule has 4 heteroatoms. The summed E-state index contributed by atoms with van der Waals surface area (Å²) in [6.45, 7) is 1.40. The van der Waals surface area contributed by atoms with Crippen LogP contribution in [0.2, 0.25) is 0 Å². The van der Waals surface area contributed by atoms with Gasteiger partial charge in [-0.2, -0.15) is 0 Å². The van der Waals surface area contributed by atoms with Crippen LogP contribution in [0.3, 0.4) is 0 Å². The maximum absolute atomic E-state index is 9.63. The third-order valence-corrected chi connectivity index (χ3v) is 1.34. The zero-order valence-electron chi connectivity index (χ0n) is 3.52. The van der Waals surface area contributed by atoms with Crippen molar-refractivity contribution in [3.05, 3.63) is 0 Å². The van der Waals surface area contributed by atoms with Gasteiger partial charge in [0.05, 0.1) is 0 Å². The molecular weight excluding hydrogens is 501 g/mol. The van der Waals surface area contributed by atoms with E-state index in [1.165, 1.54) is 6.92 Å². The molecule has 0 atom stereocenters. The van der Waals surface area contributed by atoms with Crippen LogP contribution in [0, 0.1) is 29.9 Å². The zero-order chi connectivity index (χ0) is 4.28. The Morgan fingerprint density at radius 1 is 1.83 bits per heavy atom. The zero-order valence-corrected chi connectivity index (χ0v) is 13.2. The van der Waals surface area contributed by atoms with E-state index in [-0.39, 0.29) is 33.3 Å². The van der Waals surface area contributed by atoms with E-state index < -0.39 is 0 Å². The van der Waals surface area contributed by atoms with Gasteiger partial charge in [-0.1, -0.05) is 0 Å². The fourth-order valence-electron chi connectivity index (χ4n) is 0. The first-order chi connectivity index (χ1) is 2.27. The van der Waals surface area contributed by atoms with Gasteiger partial charge in [0.1, 0.15) is 0 Å². The van der Waals surface area contributed by atoms with Crippen molar-refractivity contribution < 1.29 is 37.0 Å². The summed E-state index contributed by atoms with van der Waals surface area (Å²) < 4.78 is 4.28. The summed E-state index contributed by atoms with van der Waals surface area (Å²) in [7, 11) is 0. The first kappa shape index (κ1) is 10.4. The Bertz CT molecular complexity index is 46.8. The Kier molecular flexibility index (Phi) is 11.2. The molecule has 0 amide bonds. The molecule has 6 heavy (non-hydrogen) atoms. The average Bonchev–Trinajstić information content (AvgIpc) is 1.38. The van der Waals surface area contributed by atoms with Crippen molar-refractivity contribution in [3.63, 3.8) is 0 Å². The molecule has 0 saturated carbocycles. The van der Waals surface area contributed by atoms with Crippen molar-refractivity contribution in [2.24, 2.45) is 0 Å². The molecule has 0 aromatic heterocycles. The molecule has 2 nitrogen and oxygen atoms in total. The van der Waals surface area contributed by atoms with Crippen LogP contribution in [0.1, 0.15) is 6.92 Å². The summed E-state index contributed by atoms with van der Waals surface area (Å²) in [5.74, 6) is -0.171. The maximum atomic E-state index is 9.63. The van der Waals surface area contributed by atoms with E-state index in [4.69, 9.17) is 0 Å². The number of carbonyl (C=O) groups is 1. The Labute approximate surface area is 76.2 Å². The third-order valence-electron chi connectivity index (χ3n) is 0.144. The number of carbonyl (C=O) groups excluding carboxylic acids is 1. The molecule has 0 rings (SSSR count). The predicted octanol–water partition coefficient (Wildman–Crippen LogP) is -0.902. The van der Waals surface area contributed by atoms with Gasteiger partial charge in [-0.15, -0.1) is 0 Å². The Hall–Kier alpha value is 1.44. The summed E-state index contributed by atoms with van der Waals surface area (Å²) in [5.41, 5.74) is 0. The second-order valence-electron chi connectivity index (χ2n) is 0.594. The predicted molar refractivity (Wildman–Crippen MR) is 20.3 cm³/mol. The summed E-state index contributed by atoms with van der Waals surface area (Å²) in [4.78, 5) is 9.63. The van der Waals surface area contributed by atoms with E-state index in [9.17, 15) is 4.79 Å². The summed E-state index contributed by atoms with van der Waals surface area (Å²) in [5, 5.41) is 0. The molecular formula is C2H5O2PbU. The van der Waals surface area contributed by atoms with E-state index in [2.05, 4.69) is 2.24 Å². The summed E-state index contributed by atoms with van der Waals surface area (Å²) in [6, 6.07) is 0. The van der Waals surface area contributed by atoms with Crippen LogP contribution in [0.4, 0.5) is 0 Å². The molecule has 0 aliphatic heterocycles. The molecule has 0 fully saturated rings. The van der Waals surface area contributed by atoms with Crippen molar-refractivity contribution in [2.75, 3.05) is 0 Å². The van der Waals surface area contributed by atoms with Gasteiger partial charge >= 0.3 is 77.1 Å². The van der Waals surface area contributed by atoms with E-state index in [1.54, 1.807) is 0 Å². The second kappa shape index (κ2) is 6.44. The average molecular weight is 506 g/mol. The summed E-state index contributed by atoms with van der Waals surface area (Å²) >= 11 is 0.349. The van der Waals surface area contributed by atoms with Crippen molar-refractivity contribution in [3.8, 4) is 0 Å². The van der Waals surface area contributed by atoms with Crippen molar-refractivity contribution in [1.82, 2.24) is 0 Å². The van der Waals surface area contributed by atoms with Crippen LogP contribution in [0.15, 0.2) is 0 Å². The minimum absolute atomic E-state index is 0. The van der Waals surface area contributed by atoms with Gasteiger partial charge in [-0.25, -0.2) is 0 Å². The van der Waals surface area contributed by atoms with Crippen LogP contribution in [-0.2, 0) is 7.04 Å². The van der Waals surface area contributed by atoms with Crippen molar-refractivity contribution >= 4 is 33.3 Å². The van der Waals surface area contributed by atoms with Crippen LogP contribution in [0.5, 0.6) is 0 Å². The number of hydrogen-bond donors (Lipinski definition) is 0. The van der Waals surface area contributed by atoms with Gasteiger partial charge in [0.2, 0.25) is 0 Å². The van der Waals surface area contributed by atoms with Crippen LogP contribution < -0.4 is 0 Å². The Balaban J connectivity index is 0. The van der Waals surface area contributed by atoms with Crippen molar-refractivity contribution in [1.29, 1.82) is 0 Å². The van der Waals surface area contributed by atoms with Gasteiger partial charge in [-0.3, -0.25) is 0 Å². The normalized spacial score (nSPS) is 5.83. The van der Waals surface area contributed by atoms with E-state index in [0.717, 1.165) is 0 Å². The second-order valence-corrected chi connectivity index (χ2v) is 1.44. The van der Waals surface area contributed by atoms with Gasteiger partial charge < -0.3 is 0 Å². The van der Waals surface area contributed by atoms with E-state index in [0.29, 0.717) is 29.9 Å². The van der Waals surface area contributed by atoms with E-state index >= 15 is 0 Å². The quantitative estimate of drug-likeness (QED) is 0.399. The summed E-state index contributed by atoms with van der Waals surface area (Å²) in [6.07, 6.45) is 0. The minimum atomic E-state index is -0.171. The van der Waals surface area contributed by atoms with E-state index in [1.807, 2.05) is 0 Å². The van der Waals surface area contributed by atoms with Gasteiger partial charge in [0, 0.05) is 0 Å². The molecule has 0 bridgehead atoms. The first-order valence-electron chi connectivity index (χ1n) is 1.11. The molecule has 0 aromatic carbocycles. The van der Waals surface area contributed by atoms with Crippen molar-refractivity contribution in [2.45, 2.75) is 6.92 Å². The molecule has 0 saturated heterocycles. The molecule has 0 aromatic rings. The Morgan fingerprint density at radius 3 is 2.00 bits per heavy atom. The van der Waals surface area contributed by atoms with Crippen LogP contribution in [0.25, 0.3) is 0 Å². The number of hydrogen-bond acceptors (Lipinski definition) is 2. The third kappa shape index (κ3) is 9.06. The first-order valence-corrected chi connectivity index (χ1v) is 2.81. The number of rotatable bonds is 0. The fraction of sp³-hybridized carbons (Fsp3) is 0.500. The standard InChI is InChI=1S/C2H4O2.Pb.U.2H/c1-2(3)4;;;;/h1H3,(H,3,4);;;;/q;;+1;;/p-1. The molecule has 0 N–H and O–H groups in total. The SMILES string of the molecule is CC(=O)[O][U].[PbH2]. The Morgan fingerprint density at radius 2 is 2.00 bits per heavy atom. The monoisotopic (exact) mass is 507 g/mol. The van der Waals surface area contributed by atoms with Gasteiger partial charge in [0.25, 0.3) is 0 Å². The molecule has 0 unspecified atom stereocenters. The molecule has 0 spiro atoms. The van der Waals surface area contributed by atoms with Crippen LogP contribution in [-0.4, -0.2) is 33.3 Å². The topological polar surface area (TPSA) is 26.3 Å². The van der Waals surface area contributed by atoms with Gasteiger partial charge in [-0.05, 0) is 0 Å². The van der Waals surface area contributed by atoms with Crippen LogP contribution >= 0.6 is 0 Å². The molecule has 0 aliphatic rings.